The van der Waals surface area contributed by atoms with Crippen LogP contribution in [0.2, 0.25) is 0 Å². The number of amides is 1. The molecule has 1 aromatic carbocycles. The zero-order valence-corrected chi connectivity index (χ0v) is 11.0. The Kier molecular flexibility index (Phi) is 5.48. The van der Waals surface area contributed by atoms with Crippen LogP contribution < -0.4 is 5.32 Å². The highest BCUT2D eigenvalue weighted by Crippen LogP contribution is 2.07. The third-order valence-electron chi connectivity index (χ3n) is 2.58. The quantitative estimate of drug-likeness (QED) is 0.828. The maximum Gasteiger partial charge on any atom is 0.326 e. The number of rotatable bonds is 6. The summed E-state index contributed by atoms with van der Waals surface area (Å²) in [6.07, 6.45) is 0.423. The van der Waals surface area contributed by atoms with E-state index >= 15 is 0 Å². The Bertz CT molecular complexity index is 443. The number of aliphatic carboxylic acids is 1. The predicted molar refractivity (Wildman–Crippen MR) is 69.1 cm³/mol. The van der Waals surface area contributed by atoms with Gasteiger partial charge in [0.15, 0.2) is 0 Å². The van der Waals surface area contributed by atoms with Crippen molar-refractivity contribution >= 4 is 11.9 Å². The van der Waals surface area contributed by atoms with Crippen LogP contribution in [0.1, 0.15) is 25.8 Å². The Morgan fingerprint density at radius 1 is 1.26 bits per heavy atom. The molecule has 19 heavy (non-hydrogen) atoms. The summed E-state index contributed by atoms with van der Waals surface area (Å²) in [7, 11) is 0. The first kappa shape index (κ1) is 15.1. The second-order valence-electron chi connectivity index (χ2n) is 4.89. The topological polar surface area (TPSA) is 66.4 Å². The first-order valence-corrected chi connectivity index (χ1v) is 6.15. The van der Waals surface area contributed by atoms with Crippen LogP contribution in [0.15, 0.2) is 24.3 Å². The van der Waals surface area contributed by atoms with Crippen molar-refractivity contribution in [1.82, 2.24) is 5.32 Å². The summed E-state index contributed by atoms with van der Waals surface area (Å²) in [6, 6.07) is 4.57. The minimum absolute atomic E-state index is 0.138. The lowest BCUT2D eigenvalue weighted by Gasteiger charge is -2.15. The van der Waals surface area contributed by atoms with Gasteiger partial charge in [0.1, 0.15) is 11.9 Å². The largest absolute Gasteiger partial charge is 0.480 e. The standard InChI is InChI=1S/C14H18FNO3/c1-9(2)7-13(17)16-12(14(18)19)8-10-3-5-11(15)6-4-10/h3-6,9,12H,7-8H2,1-2H3,(H,16,17)(H,18,19)/t12-/m0/s1. The van der Waals surface area contributed by atoms with Crippen molar-refractivity contribution in [3.63, 3.8) is 0 Å². The lowest BCUT2D eigenvalue weighted by Crippen LogP contribution is -2.42. The van der Waals surface area contributed by atoms with E-state index in [2.05, 4.69) is 5.32 Å². The second kappa shape index (κ2) is 6.87. The van der Waals surface area contributed by atoms with E-state index in [4.69, 9.17) is 5.11 Å². The molecule has 5 heteroatoms. The molecule has 0 aliphatic rings. The SMILES string of the molecule is CC(C)CC(=O)N[C@@H](Cc1ccc(F)cc1)C(=O)O. The van der Waals surface area contributed by atoms with Crippen LogP contribution in [0.3, 0.4) is 0 Å². The normalized spacial score (nSPS) is 12.2. The second-order valence-corrected chi connectivity index (χ2v) is 4.89. The number of hydrogen-bond donors (Lipinski definition) is 2. The number of carboxylic acids is 1. The van der Waals surface area contributed by atoms with Crippen LogP contribution in [0.5, 0.6) is 0 Å². The summed E-state index contributed by atoms with van der Waals surface area (Å²) in [5, 5.41) is 11.6. The van der Waals surface area contributed by atoms with Gasteiger partial charge in [0.25, 0.3) is 0 Å². The third kappa shape index (κ3) is 5.50. The molecule has 1 rings (SSSR count). The molecular weight excluding hydrogens is 249 g/mol. The Morgan fingerprint density at radius 3 is 2.32 bits per heavy atom. The lowest BCUT2D eigenvalue weighted by molar-refractivity contribution is -0.141. The van der Waals surface area contributed by atoms with Gasteiger partial charge < -0.3 is 10.4 Å². The maximum absolute atomic E-state index is 12.8. The molecule has 0 spiro atoms. The molecule has 104 valence electrons. The van der Waals surface area contributed by atoms with Gasteiger partial charge in [-0.3, -0.25) is 4.79 Å². The Hall–Kier alpha value is -1.91. The van der Waals surface area contributed by atoms with Crippen molar-refractivity contribution in [1.29, 1.82) is 0 Å². The van der Waals surface area contributed by atoms with Gasteiger partial charge in [-0.15, -0.1) is 0 Å². The highest BCUT2D eigenvalue weighted by atomic mass is 19.1. The number of carboxylic acid groups (broad SMARTS) is 1. The average molecular weight is 267 g/mol. The van der Waals surface area contributed by atoms with Crippen molar-refractivity contribution in [2.24, 2.45) is 5.92 Å². The monoisotopic (exact) mass is 267 g/mol. The number of hydrogen-bond acceptors (Lipinski definition) is 2. The molecule has 0 heterocycles. The summed E-state index contributed by atoms with van der Waals surface area (Å²) < 4.78 is 12.8. The molecule has 4 nitrogen and oxygen atoms in total. The fourth-order valence-electron chi connectivity index (χ4n) is 1.68. The summed E-state index contributed by atoms with van der Waals surface area (Å²) in [4.78, 5) is 22.7. The van der Waals surface area contributed by atoms with E-state index in [1.165, 1.54) is 24.3 Å². The number of benzene rings is 1. The minimum atomic E-state index is -1.10. The van der Waals surface area contributed by atoms with E-state index in [-0.39, 0.29) is 30.5 Å². The Morgan fingerprint density at radius 2 is 1.84 bits per heavy atom. The van der Waals surface area contributed by atoms with E-state index in [0.29, 0.717) is 5.56 Å². The van der Waals surface area contributed by atoms with Crippen LogP contribution >= 0.6 is 0 Å². The van der Waals surface area contributed by atoms with Crippen LogP contribution in [0.4, 0.5) is 4.39 Å². The van der Waals surface area contributed by atoms with Gasteiger partial charge in [0.2, 0.25) is 5.91 Å². The van der Waals surface area contributed by atoms with E-state index < -0.39 is 12.0 Å². The van der Waals surface area contributed by atoms with E-state index in [1.54, 1.807) is 0 Å². The zero-order chi connectivity index (χ0) is 14.4. The van der Waals surface area contributed by atoms with Crippen LogP contribution in [0.25, 0.3) is 0 Å². The highest BCUT2D eigenvalue weighted by Gasteiger charge is 2.20. The fraction of sp³-hybridized carbons (Fsp3) is 0.429. The average Bonchev–Trinajstić information content (AvgIpc) is 2.29. The van der Waals surface area contributed by atoms with Gasteiger partial charge in [0, 0.05) is 12.8 Å². The molecule has 0 aliphatic heterocycles. The van der Waals surface area contributed by atoms with Crippen molar-refractivity contribution < 1.29 is 19.1 Å². The Labute approximate surface area is 111 Å². The molecule has 0 saturated heterocycles. The van der Waals surface area contributed by atoms with Crippen LogP contribution in [-0.4, -0.2) is 23.0 Å². The summed E-state index contributed by atoms with van der Waals surface area (Å²) in [5.74, 6) is -1.59. The molecule has 0 aromatic heterocycles. The van der Waals surface area contributed by atoms with Crippen molar-refractivity contribution in [2.45, 2.75) is 32.7 Å². The van der Waals surface area contributed by atoms with Gasteiger partial charge in [-0.2, -0.15) is 0 Å². The smallest absolute Gasteiger partial charge is 0.326 e. The molecule has 1 aromatic rings. The van der Waals surface area contributed by atoms with Gasteiger partial charge >= 0.3 is 5.97 Å². The van der Waals surface area contributed by atoms with Gasteiger partial charge in [0.05, 0.1) is 0 Å². The van der Waals surface area contributed by atoms with E-state index in [1.807, 2.05) is 13.8 Å². The fourth-order valence-corrected chi connectivity index (χ4v) is 1.68. The minimum Gasteiger partial charge on any atom is -0.480 e. The molecule has 1 atom stereocenters. The number of carbonyl (C=O) groups is 2. The molecule has 1 amide bonds. The number of halogens is 1. The number of carbonyl (C=O) groups excluding carboxylic acids is 1. The molecule has 0 saturated carbocycles. The lowest BCUT2D eigenvalue weighted by atomic mass is 10.0. The molecule has 2 N–H and O–H groups in total. The molecule has 0 unspecified atom stereocenters. The third-order valence-corrected chi connectivity index (χ3v) is 2.58. The first-order chi connectivity index (χ1) is 8.88. The number of nitrogens with one attached hydrogen (secondary N) is 1. The molecule has 0 aliphatic carbocycles. The van der Waals surface area contributed by atoms with E-state index in [0.717, 1.165) is 0 Å². The Balaban J connectivity index is 2.65. The maximum atomic E-state index is 12.8. The highest BCUT2D eigenvalue weighted by molar-refractivity contribution is 5.83. The predicted octanol–water partition coefficient (Wildman–Crippen LogP) is 1.98. The van der Waals surface area contributed by atoms with Crippen LogP contribution in [0, 0.1) is 11.7 Å². The molecular formula is C14H18FNO3. The van der Waals surface area contributed by atoms with Crippen molar-refractivity contribution in [2.75, 3.05) is 0 Å². The van der Waals surface area contributed by atoms with Crippen molar-refractivity contribution in [3.05, 3.63) is 35.6 Å². The van der Waals surface area contributed by atoms with Crippen molar-refractivity contribution in [3.8, 4) is 0 Å². The molecule has 0 radical (unpaired) electrons. The summed E-state index contributed by atoms with van der Waals surface area (Å²) >= 11 is 0. The zero-order valence-electron chi connectivity index (χ0n) is 11.0. The molecule has 0 bridgehead atoms. The van der Waals surface area contributed by atoms with Gasteiger partial charge in [-0.1, -0.05) is 26.0 Å². The van der Waals surface area contributed by atoms with E-state index in [9.17, 15) is 14.0 Å². The first-order valence-electron chi connectivity index (χ1n) is 6.15. The summed E-state index contributed by atoms with van der Waals surface area (Å²) in [5.41, 5.74) is 0.665. The summed E-state index contributed by atoms with van der Waals surface area (Å²) in [6.45, 7) is 3.77. The van der Waals surface area contributed by atoms with Gasteiger partial charge in [-0.05, 0) is 23.6 Å². The van der Waals surface area contributed by atoms with Crippen LogP contribution in [-0.2, 0) is 16.0 Å². The van der Waals surface area contributed by atoms with Gasteiger partial charge in [-0.25, -0.2) is 9.18 Å². The molecule has 0 fully saturated rings.